The van der Waals surface area contributed by atoms with Crippen LogP contribution in [0.4, 0.5) is 17.1 Å². The Morgan fingerprint density at radius 1 is 1.29 bits per heavy atom. The van der Waals surface area contributed by atoms with E-state index in [1.165, 1.54) is 6.07 Å². The number of aliphatic imine (C=N–C) groups is 1. The fourth-order valence-corrected chi connectivity index (χ4v) is 2.03. The maximum atomic E-state index is 10.9. The molecule has 1 heterocycles. The van der Waals surface area contributed by atoms with Gasteiger partial charge in [-0.2, -0.15) is 0 Å². The fraction of sp³-hybridized carbons (Fsp3) is 0.0667. The maximum absolute atomic E-state index is 10.9. The number of carboxylic acid groups (broad SMARTS) is 1. The molecule has 0 amide bonds. The van der Waals surface area contributed by atoms with Crippen LogP contribution in [0.1, 0.15) is 10.4 Å². The summed E-state index contributed by atoms with van der Waals surface area (Å²) in [5.41, 5.74) is 7.83. The number of nitrogens with zero attached hydrogens (tertiary/aromatic N) is 1. The van der Waals surface area contributed by atoms with Crippen molar-refractivity contribution in [1.29, 1.82) is 0 Å². The second-order valence-electron chi connectivity index (χ2n) is 4.59. The Bertz CT molecular complexity index is 741. The van der Waals surface area contributed by atoms with Crippen LogP contribution in [0.25, 0.3) is 0 Å². The summed E-state index contributed by atoms with van der Waals surface area (Å²) in [5.74, 6) is 0.295. The van der Waals surface area contributed by atoms with Crippen LogP contribution in [-0.2, 0) is 0 Å². The van der Waals surface area contributed by atoms with Gasteiger partial charge in [0, 0.05) is 11.4 Å². The predicted molar refractivity (Wildman–Crippen MR) is 80.5 cm³/mol. The second kappa shape index (κ2) is 5.16. The molecule has 0 fully saturated rings. The van der Waals surface area contributed by atoms with Gasteiger partial charge in [0.25, 0.3) is 0 Å². The summed E-state index contributed by atoms with van der Waals surface area (Å²) in [7, 11) is 0. The molecule has 1 aliphatic rings. The first-order chi connectivity index (χ1) is 10.1. The molecule has 0 radical (unpaired) electrons. The molecule has 6 nitrogen and oxygen atoms in total. The zero-order valence-electron chi connectivity index (χ0n) is 11.0. The van der Waals surface area contributed by atoms with Gasteiger partial charge in [-0.3, -0.25) is 0 Å². The summed E-state index contributed by atoms with van der Waals surface area (Å²) in [6.45, 7) is 0.286. The number of nitrogens with two attached hydrogens (primary N) is 1. The van der Waals surface area contributed by atoms with Gasteiger partial charge in [0.15, 0.2) is 0 Å². The number of ether oxygens (including phenoxy) is 1. The van der Waals surface area contributed by atoms with Gasteiger partial charge in [0.1, 0.15) is 23.9 Å². The monoisotopic (exact) mass is 283 g/mol. The van der Waals surface area contributed by atoms with E-state index in [1.807, 2.05) is 0 Å². The van der Waals surface area contributed by atoms with E-state index in [0.29, 0.717) is 28.6 Å². The van der Waals surface area contributed by atoms with Gasteiger partial charge in [0.2, 0.25) is 0 Å². The van der Waals surface area contributed by atoms with Crippen LogP contribution in [0.2, 0.25) is 0 Å². The van der Waals surface area contributed by atoms with Gasteiger partial charge < -0.3 is 20.9 Å². The zero-order chi connectivity index (χ0) is 14.8. The van der Waals surface area contributed by atoms with E-state index in [0.717, 1.165) is 0 Å². The van der Waals surface area contributed by atoms with Gasteiger partial charge in [-0.1, -0.05) is 6.07 Å². The molecule has 0 bridgehead atoms. The smallest absolute Gasteiger partial charge is 0.335 e. The van der Waals surface area contributed by atoms with Crippen molar-refractivity contribution >= 4 is 28.9 Å². The SMILES string of the molecule is Nc1ccc2c(c1)N=C(Nc1cccc(C(=O)O)c1)CO2. The molecule has 0 spiro atoms. The third kappa shape index (κ3) is 2.79. The van der Waals surface area contributed by atoms with E-state index in [1.54, 1.807) is 36.4 Å². The summed E-state index contributed by atoms with van der Waals surface area (Å²) in [6.07, 6.45) is 0. The largest absolute Gasteiger partial charge is 0.483 e. The molecule has 21 heavy (non-hydrogen) atoms. The van der Waals surface area contributed by atoms with Crippen molar-refractivity contribution in [2.24, 2.45) is 4.99 Å². The summed E-state index contributed by atoms with van der Waals surface area (Å²) >= 11 is 0. The Morgan fingerprint density at radius 2 is 2.14 bits per heavy atom. The highest BCUT2D eigenvalue weighted by Gasteiger charge is 2.13. The molecule has 2 aromatic carbocycles. The van der Waals surface area contributed by atoms with Gasteiger partial charge in [-0.15, -0.1) is 0 Å². The van der Waals surface area contributed by atoms with Gasteiger partial charge in [-0.25, -0.2) is 9.79 Å². The van der Waals surface area contributed by atoms with Gasteiger partial charge in [0.05, 0.1) is 5.56 Å². The van der Waals surface area contributed by atoms with E-state index in [-0.39, 0.29) is 12.2 Å². The Morgan fingerprint density at radius 3 is 2.95 bits per heavy atom. The Hall–Kier alpha value is -3.02. The van der Waals surface area contributed by atoms with Crippen LogP contribution < -0.4 is 15.8 Å². The lowest BCUT2D eigenvalue weighted by atomic mass is 10.2. The lowest BCUT2D eigenvalue weighted by Gasteiger charge is -2.18. The molecule has 0 saturated heterocycles. The van der Waals surface area contributed by atoms with E-state index >= 15 is 0 Å². The van der Waals surface area contributed by atoms with Gasteiger partial charge >= 0.3 is 5.97 Å². The minimum Gasteiger partial charge on any atom is -0.483 e. The average molecular weight is 283 g/mol. The van der Waals surface area contributed by atoms with Crippen LogP contribution in [0.3, 0.4) is 0 Å². The number of hydrogen-bond acceptors (Lipinski definition) is 5. The molecule has 0 aliphatic carbocycles. The van der Waals surface area contributed by atoms with Gasteiger partial charge in [-0.05, 0) is 36.4 Å². The maximum Gasteiger partial charge on any atom is 0.335 e. The average Bonchev–Trinajstić information content (AvgIpc) is 2.47. The number of rotatable bonds is 2. The standard InChI is InChI=1S/C15H13N3O3/c16-10-4-5-13-12(7-10)18-14(8-21-13)17-11-3-1-2-9(6-11)15(19)20/h1-7H,8,16H2,(H,17,18)(H,19,20). The third-order valence-corrected chi connectivity index (χ3v) is 3.00. The molecule has 106 valence electrons. The van der Waals surface area contributed by atoms with E-state index in [9.17, 15) is 4.79 Å². The highest BCUT2D eigenvalue weighted by Crippen LogP contribution is 2.32. The summed E-state index contributed by atoms with van der Waals surface area (Å²) in [5, 5.41) is 12.0. The summed E-state index contributed by atoms with van der Waals surface area (Å²) in [6, 6.07) is 11.8. The number of nitrogen functional groups attached to an aromatic ring is 1. The Kier molecular flexibility index (Phi) is 3.19. The lowest BCUT2D eigenvalue weighted by molar-refractivity contribution is 0.0697. The Labute approximate surface area is 120 Å². The molecule has 2 aromatic rings. The number of anilines is 2. The highest BCUT2D eigenvalue weighted by molar-refractivity contribution is 6.00. The number of carboxylic acids is 1. The zero-order valence-corrected chi connectivity index (χ0v) is 11.0. The quantitative estimate of drug-likeness (QED) is 0.736. The molecular weight excluding hydrogens is 270 g/mol. The second-order valence-corrected chi connectivity index (χ2v) is 4.59. The number of fused-ring (bicyclic) bond motifs is 1. The van der Waals surface area contributed by atoms with Crippen LogP contribution in [-0.4, -0.2) is 23.5 Å². The molecule has 1 aliphatic heterocycles. The third-order valence-electron chi connectivity index (χ3n) is 3.00. The summed E-state index contributed by atoms with van der Waals surface area (Å²) < 4.78 is 5.58. The normalized spacial score (nSPS) is 12.9. The first-order valence-corrected chi connectivity index (χ1v) is 6.32. The van der Waals surface area contributed by atoms with E-state index in [2.05, 4.69) is 10.3 Å². The molecule has 0 saturated carbocycles. The van der Waals surface area contributed by atoms with Crippen LogP contribution >= 0.6 is 0 Å². The number of carbonyl (C=O) groups is 1. The number of aromatic carboxylic acids is 1. The molecule has 3 rings (SSSR count). The van der Waals surface area contributed by atoms with Crippen LogP contribution in [0.5, 0.6) is 5.75 Å². The minimum absolute atomic E-state index is 0.210. The van der Waals surface area contributed by atoms with Crippen LogP contribution in [0.15, 0.2) is 47.5 Å². The summed E-state index contributed by atoms with van der Waals surface area (Å²) in [4.78, 5) is 15.4. The highest BCUT2D eigenvalue weighted by atomic mass is 16.5. The van der Waals surface area contributed by atoms with Crippen molar-refractivity contribution in [1.82, 2.24) is 0 Å². The number of amidine groups is 1. The van der Waals surface area contributed by atoms with Crippen molar-refractivity contribution in [3.05, 3.63) is 48.0 Å². The van der Waals surface area contributed by atoms with Crippen molar-refractivity contribution in [2.75, 3.05) is 17.7 Å². The number of nitrogens with one attached hydrogen (secondary N) is 1. The molecule has 6 heteroatoms. The van der Waals surface area contributed by atoms with Crippen LogP contribution in [0, 0.1) is 0 Å². The predicted octanol–water partition coefficient (Wildman–Crippen LogP) is 2.50. The van der Waals surface area contributed by atoms with Crippen molar-refractivity contribution < 1.29 is 14.6 Å². The van der Waals surface area contributed by atoms with E-state index in [4.69, 9.17) is 15.6 Å². The molecule has 0 atom stereocenters. The molecule has 0 unspecified atom stereocenters. The number of hydrogen-bond donors (Lipinski definition) is 3. The first kappa shape index (κ1) is 13.0. The number of benzene rings is 2. The first-order valence-electron chi connectivity index (χ1n) is 6.32. The molecular formula is C15H13N3O3. The van der Waals surface area contributed by atoms with Crippen molar-refractivity contribution in [3.63, 3.8) is 0 Å². The van der Waals surface area contributed by atoms with E-state index < -0.39 is 5.97 Å². The minimum atomic E-state index is -0.974. The van der Waals surface area contributed by atoms with Crippen molar-refractivity contribution in [3.8, 4) is 5.75 Å². The molecule has 0 aromatic heterocycles. The topological polar surface area (TPSA) is 96.9 Å². The Balaban J connectivity index is 1.86. The lowest BCUT2D eigenvalue weighted by Crippen LogP contribution is -2.23. The fourth-order valence-electron chi connectivity index (χ4n) is 2.03. The molecule has 4 N–H and O–H groups in total. The van der Waals surface area contributed by atoms with Crippen molar-refractivity contribution in [2.45, 2.75) is 0 Å².